The van der Waals surface area contributed by atoms with Crippen LogP contribution < -0.4 is 4.90 Å². The topological polar surface area (TPSA) is 67.9 Å². The van der Waals surface area contributed by atoms with E-state index in [0.29, 0.717) is 19.8 Å². The summed E-state index contributed by atoms with van der Waals surface area (Å²) in [5.41, 5.74) is 6.07. The first kappa shape index (κ1) is 20.3. The largest absolute Gasteiger partial charge is 0.378 e. The van der Waals surface area contributed by atoms with Crippen molar-refractivity contribution >= 4 is 17.7 Å². The Balaban J connectivity index is 1.48. The molecule has 0 unspecified atom stereocenters. The van der Waals surface area contributed by atoms with E-state index in [1.807, 2.05) is 28.9 Å². The minimum Gasteiger partial charge on any atom is -0.378 e. The van der Waals surface area contributed by atoms with Crippen LogP contribution in [0.15, 0.2) is 65.9 Å². The lowest BCUT2D eigenvalue weighted by Gasteiger charge is -2.29. The molecule has 7 nitrogen and oxygen atoms in total. The molecule has 32 heavy (non-hydrogen) atoms. The maximum absolute atomic E-state index is 5.55. The molecule has 1 aromatic carbocycles. The van der Waals surface area contributed by atoms with Crippen molar-refractivity contribution in [3.05, 3.63) is 77.7 Å². The summed E-state index contributed by atoms with van der Waals surface area (Å²) in [7, 11) is 0. The van der Waals surface area contributed by atoms with Gasteiger partial charge in [-0.15, -0.1) is 0 Å². The van der Waals surface area contributed by atoms with E-state index in [-0.39, 0.29) is 0 Å². The number of aryl methyl sites for hydroxylation is 1. The molecule has 0 radical (unpaired) electrons. The average Bonchev–Trinajstić information content (AvgIpc) is 3.29. The minimum atomic E-state index is 0.514. The van der Waals surface area contributed by atoms with Crippen molar-refractivity contribution < 1.29 is 4.74 Å². The second-order valence-electron chi connectivity index (χ2n) is 7.81. The molecule has 1 fully saturated rings. The van der Waals surface area contributed by atoms with Gasteiger partial charge in [0.1, 0.15) is 5.82 Å². The Morgan fingerprint density at radius 2 is 1.91 bits per heavy atom. The van der Waals surface area contributed by atoms with Gasteiger partial charge in [0.25, 0.3) is 0 Å². The molecule has 162 valence electrons. The first-order valence-electron chi connectivity index (χ1n) is 11.0. The van der Waals surface area contributed by atoms with Crippen LogP contribution in [-0.4, -0.2) is 52.1 Å². The highest BCUT2D eigenvalue weighted by molar-refractivity contribution is 5.79. The average molecular weight is 427 g/mol. The third-order valence-electron chi connectivity index (χ3n) is 5.63. The van der Waals surface area contributed by atoms with Crippen molar-refractivity contribution in [2.24, 2.45) is 4.99 Å². The van der Waals surface area contributed by atoms with Crippen LogP contribution in [0.4, 0.5) is 5.82 Å². The quantitative estimate of drug-likeness (QED) is 0.439. The lowest BCUT2D eigenvalue weighted by atomic mass is 10.1. The summed E-state index contributed by atoms with van der Waals surface area (Å²) in [4.78, 5) is 15.9. The standard InChI is InChI=1S/C25H26N6O/c1-2-19-4-3-5-20(14-19)17-27-18-22-15-25(30-10-12-32-13-11-30)31-24(28-22)16-23(29-31)21-6-8-26-9-7-21/h3-9,14-17H,2,10-13,18H2,1H3. The number of ether oxygens (including phenoxy) is 1. The molecule has 4 heterocycles. The number of anilines is 1. The van der Waals surface area contributed by atoms with Gasteiger partial charge in [-0.25, -0.2) is 4.98 Å². The van der Waals surface area contributed by atoms with Gasteiger partial charge >= 0.3 is 0 Å². The van der Waals surface area contributed by atoms with Crippen LogP contribution in [0.25, 0.3) is 16.9 Å². The van der Waals surface area contributed by atoms with Gasteiger partial charge in [-0.3, -0.25) is 9.98 Å². The number of aliphatic imine (C=N–C) groups is 1. The Bertz CT molecular complexity index is 1230. The van der Waals surface area contributed by atoms with E-state index in [4.69, 9.17) is 14.8 Å². The molecule has 0 atom stereocenters. The van der Waals surface area contributed by atoms with Crippen molar-refractivity contribution in [2.75, 3.05) is 31.2 Å². The maximum Gasteiger partial charge on any atom is 0.158 e. The fourth-order valence-electron chi connectivity index (χ4n) is 3.91. The van der Waals surface area contributed by atoms with Crippen LogP contribution >= 0.6 is 0 Å². The van der Waals surface area contributed by atoms with Crippen molar-refractivity contribution in [1.82, 2.24) is 19.6 Å². The molecule has 1 saturated heterocycles. The molecule has 4 aromatic rings. The van der Waals surface area contributed by atoms with Crippen LogP contribution in [0.1, 0.15) is 23.7 Å². The molecule has 3 aromatic heterocycles. The van der Waals surface area contributed by atoms with Gasteiger partial charge in [0.15, 0.2) is 5.65 Å². The minimum absolute atomic E-state index is 0.514. The second-order valence-corrected chi connectivity index (χ2v) is 7.81. The highest BCUT2D eigenvalue weighted by atomic mass is 16.5. The highest BCUT2D eigenvalue weighted by Crippen LogP contribution is 2.24. The molecular weight excluding hydrogens is 400 g/mol. The molecule has 0 amide bonds. The van der Waals surface area contributed by atoms with Gasteiger partial charge in [-0.2, -0.15) is 9.61 Å². The Labute approximate surface area is 187 Å². The van der Waals surface area contributed by atoms with Crippen molar-refractivity contribution in [3.63, 3.8) is 0 Å². The van der Waals surface area contributed by atoms with Crippen molar-refractivity contribution in [1.29, 1.82) is 0 Å². The normalized spacial score (nSPS) is 14.5. The third-order valence-corrected chi connectivity index (χ3v) is 5.63. The number of aromatic nitrogens is 4. The van der Waals surface area contributed by atoms with Gasteiger partial charge in [0, 0.05) is 49.4 Å². The predicted molar refractivity (Wildman–Crippen MR) is 126 cm³/mol. The Morgan fingerprint density at radius 1 is 1.06 bits per heavy atom. The van der Waals surface area contributed by atoms with Crippen molar-refractivity contribution in [2.45, 2.75) is 19.9 Å². The Morgan fingerprint density at radius 3 is 2.72 bits per heavy atom. The van der Waals surface area contributed by atoms with Gasteiger partial charge in [-0.05, 0) is 29.7 Å². The number of hydrogen-bond acceptors (Lipinski definition) is 6. The van der Waals surface area contributed by atoms with Gasteiger partial charge in [0.05, 0.1) is 31.1 Å². The lowest BCUT2D eigenvalue weighted by molar-refractivity contribution is 0.122. The van der Waals surface area contributed by atoms with E-state index in [1.54, 1.807) is 12.4 Å². The molecule has 5 rings (SSSR count). The number of benzene rings is 1. The molecule has 0 spiro atoms. The fourth-order valence-corrected chi connectivity index (χ4v) is 3.91. The molecule has 7 heteroatoms. The van der Waals surface area contributed by atoms with E-state index in [1.165, 1.54) is 5.56 Å². The number of rotatable bonds is 6. The number of hydrogen-bond donors (Lipinski definition) is 0. The summed E-state index contributed by atoms with van der Waals surface area (Å²) in [6.45, 7) is 5.76. The summed E-state index contributed by atoms with van der Waals surface area (Å²) in [5, 5.41) is 4.85. The van der Waals surface area contributed by atoms with Crippen LogP contribution in [0.3, 0.4) is 0 Å². The first-order valence-corrected chi connectivity index (χ1v) is 11.0. The van der Waals surface area contributed by atoms with E-state index < -0.39 is 0 Å². The molecule has 1 aliphatic heterocycles. The van der Waals surface area contributed by atoms with Crippen LogP contribution in [-0.2, 0) is 17.7 Å². The highest BCUT2D eigenvalue weighted by Gasteiger charge is 2.18. The van der Waals surface area contributed by atoms with Crippen LogP contribution in [0.5, 0.6) is 0 Å². The zero-order valence-corrected chi connectivity index (χ0v) is 18.2. The molecule has 0 N–H and O–H groups in total. The van der Waals surface area contributed by atoms with E-state index in [2.05, 4.69) is 52.1 Å². The Hall–Kier alpha value is -3.58. The second kappa shape index (κ2) is 9.28. The monoisotopic (exact) mass is 426 g/mol. The number of pyridine rings is 1. The summed E-state index contributed by atoms with van der Waals surface area (Å²) in [5.74, 6) is 1.02. The smallest absolute Gasteiger partial charge is 0.158 e. The van der Waals surface area contributed by atoms with E-state index in [0.717, 1.165) is 53.5 Å². The third kappa shape index (κ3) is 4.38. The number of fused-ring (bicyclic) bond motifs is 1. The molecule has 0 aliphatic carbocycles. The fraction of sp³-hybridized carbons (Fsp3) is 0.280. The summed E-state index contributed by atoms with van der Waals surface area (Å²) < 4.78 is 7.48. The van der Waals surface area contributed by atoms with Crippen LogP contribution in [0, 0.1) is 0 Å². The number of morpholine rings is 1. The molecule has 0 bridgehead atoms. The predicted octanol–water partition coefficient (Wildman–Crippen LogP) is 3.81. The van der Waals surface area contributed by atoms with Gasteiger partial charge < -0.3 is 9.64 Å². The summed E-state index contributed by atoms with van der Waals surface area (Å²) >= 11 is 0. The summed E-state index contributed by atoms with van der Waals surface area (Å²) in [6, 6.07) is 16.5. The molecule has 1 aliphatic rings. The molecular formula is C25H26N6O. The van der Waals surface area contributed by atoms with Crippen molar-refractivity contribution in [3.8, 4) is 11.3 Å². The van der Waals surface area contributed by atoms with Gasteiger partial charge in [-0.1, -0.05) is 31.2 Å². The van der Waals surface area contributed by atoms with E-state index in [9.17, 15) is 0 Å². The summed E-state index contributed by atoms with van der Waals surface area (Å²) in [6.07, 6.45) is 6.51. The molecule has 0 saturated carbocycles. The first-order chi connectivity index (χ1) is 15.8. The number of nitrogens with zero attached hydrogens (tertiary/aromatic N) is 6. The zero-order chi connectivity index (χ0) is 21.8. The van der Waals surface area contributed by atoms with Gasteiger partial charge in [0.2, 0.25) is 0 Å². The van der Waals surface area contributed by atoms with Crippen LogP contribution in [0.2, 0.25) is 0 Å². The maximum atomic E-state index is 5.55. The van der Waals surface area contributed by atoms with E-state index >= 15 is 0 Å². The zero-order valence-electron chi connectivity index (χ0n) is 18.2. The lowest BCUT2D eigenvalue weighted by Crippen LogP contribution is -2.37. The Kier molecular flexibility index (Phi) is 5.89. The SMILES string of the molecule is CCc1cccc(C=NCc2cc(N3CCOCC3)n3nc(-c4ccncc4)cc3n2)c1.